The molecule has 168 valence electrons. The van der Waals surface area contributed by atoms with Crippen molar-refractivity contribution in [1.82, 2.24) is 25.1 Å². The molecule has 6 heteroatoms. The van der Waals surface area contributed by atoms with E-state index in [2.05, 4.69) is 25.1 Å². The zero-order valence-electron chi connectivity index (χ0n) is 18.8. The molecule has 0 atom stereocenters. The van der Waals surface area contributed by atoms with Crippen molar-refractivity contribution in [2.75, 3.05) is 6.54 Å². The van der Waals surface area contributed by atoms with Gasteiger partial charge in [0.15, 0.2) is 5.82 Å². The average molecular weight is 416 g/mol. The van der Waals surface area contributed by atoms with Gasteiger partial charge < -0.3 is 4.90 Å². The second-order valence-corrected chi connectivity index (χ2v) is 10.0. The third-order valence-corrected chi connectivity index (χ3v) is 7.79. The van der Waals surface area contributed by atoms with Crippen molar-refractivity contribution in [3.8, 4) is 0 Å². The maximum Gasteiger partial charge on any atom is 0.222 e. The number of hydrogen-bond acceptors (Lipinski definition) is 4. The zero-order valence-corrected chi connectivity index (χ0v) is 18.8. The number of aromatic nitrogens is 4. The van der Waals surface area contributed by atoms with Gasteiger partial charge in [0, 0.05) is 25.4 Å². The SMILES string of the molecule is O=C(CCCc1nnnn1C1CCCCC1)N(CC1CCCCC1)C1CCCCC1. The molecule has 3 aliphatic rings. The highest BCUT2D eigenvalue weighted by molar-refractivity contribution is 5.76. The van der Waals surface area contributed by atoms with Crippen molar-refractivity contribution in [3.63, 3.8) is 0 Å². The van der Waals surface area contributed by atoms with Gasteiger partial charge in [0.05, 0.1) is 6.04 Å². The molecule has 0 aromatic carbocycles. The molecule has 30 heavy (non-hydrogen) atoms. The number of nitrogens with zero attached hydrogens (tertiary/aromatic N) is 5. The molecule has 1 amide bonds. The van der Waals surface area contributed by atoms with Crippen LogP contribution in [0.3, 0.4) is 0 Å². The number of carbonyl (C=O) groups is 1. The average Bonchev–Trinajstić information content (AvgIpc) is 3.28. The van der Waals surface area contributed by atoms with Crippen molar-refractivity contribution >= 4 is 5.91 Å². The topological polar surface area (TPSA) is 63.9 Å². The molecule has 0 spiro atoms. The fraction of sp³-hybridized carbons (Fsp3) is 0.917. The summed E-state index contributed by atoms with van der Waals surface area (Å²) >= 11 is 0. The zero-order chi connectivity index (χ0) is 20.6. The van der Waals surface area contributed by atoms with Crippen LogP contribution in [-0.4, -0.2) is 43.6 Å². The van der Waals surface area contributed by atoms with E-state index >= 15 is 0 Å². The van der Waals surface area contributed by atoms with Crippen molar-refractivity contribution in [2.45, 2.75) is 128 Å². The summed E-state index contributed by atoms with van der Waals surface area (Å²) < 4.78 is 2.06. The van der Waals surface area contributed by atoms with E-state index < -0.39 is 0 Å². The highest BCUT2D eigenvalue weighted by Gasteiger charge is 2.28. The Kier molecular flexibility index (Phi) is 8.15. The van der Waals surface area contributed by atoms with E-state index in [0.29, 0.717) is 24.4 Å². The Morgan fingerprint density at radius 3 is 2.20 bits per heavy atom. The van der Waals surface area contributed by atoms with Crippen LogP contribution < -0.4 is 0 Å². The molecule has 0 bridgehead atoms. The van der Waals surface area contributed by atoms with E-state index in [1.54, 1.807) is 0 Å². The summed E-state index contributed by atoms with van der Waals surface area (Å²) in [6.07, 6.45) is 21.6. The first-order valence-electron chi connectivity index (χ1n) is 12.9. The monoisotopic (exact) mass is 415 g/mol. The summed E-state index contributed by atoms with van der Waals surface area (Å²) in [4.78, 5) is 15.6. The third kappa shape index (κ3) is 5.82. The predicted molar refractivity (Wildman–Crippen MR) is 118 cm³/mol. The molecule has 3 aliphatic carbocycles. The molecule has 0 saturated heterocycles. The second-order valence-electron chi connectivity index (χ2n) is 10.0. The first-order valence-corrected chi connectivity index (χ1v) is 12.9. The van der Waals surface area contributed by atoms with E-state index in [0.717, 1.165) is 31.1 Å². The highest BCUT2D eigenvalue weighted by Crippen LogP contribution is 2.30. The van der Waals surface area contributed by atoms with Crippen molar-refractivity contribution in [1.29, 1.82) is 0 Å². The third-order valence-electron chi connectivity index (χ3n) is 7.79. The van der Waals surface area contributed by atoms with Crippen molar-refractivity contribution in [3.05, 3.63) is 5.82 Å². The lowest BCUT2D eigenvalue weighted by molar-refractivity contribution is -0.135. The standard InChI is InChI=1S/C24H41N5O/c30-24(18-10-17-23-25-26-27-29(23)22-15-8-3-9-16-22)28(21-13-6-2-7-14-21)19-20-11-4-1-5-12-20/h20-22H,1-19H2. The summed E-state index contributed by atoms with van der Waals surface area (Å²) in [6, 6.07) is 0.949. The van der Waals surface area contributed by atoms with Crippen LogP contribution in [0.25, 0.3) is 0 Å². The molecular weight excluding hydrogens is 374 g/mol. The summed E-state index contributed by atoms with van der Waals surface area (Å²) in [5.41, 5.74) is 0. The Balaban J connectivity index is 1.31. The Labute approximate surface area is 182 Å². The highest BCUT2D eigenvalue weighted by atomic mass is 16.2. The number of aryl methyl sites for hydroxylation is 1. The van der Waals surface area contributed by atoms with Crippen molar-refractivity contribution < 1.29 is 4.79 Å². The summed E-state index contributed by atoms with van der Waals surface area (Å²) in [7, 11) is 0. The minimum Gasteiger partial charge on any atom is -0.339 e. The fourth-order valence-electron chi connectivity index (χ4n) is 6.02. The van der Waals surface area contributed by atoms with Gasteiger partial charge in [-0.05, 0) is 61.3 Å². The molecule has 1 heterocycles. The van der Waals surface area contributed by atoms with Gasteiger partial charge in [-0.15, -0.1) is 5.10 Å². The van der Waals surface area contributed by atoms with Crippen LogP contribution in [0, 0.1) is 5.92 Å². The van der Waals surface area contributed by atoms with Crippen LogP contribution in [0.1, 0.15) is 121 Å². The Hall–Kier alpha value is -1.46. The van der Waals surface area contributed by atoms with Gasteiger partial charge in [0.2, 0.25) is 5.91 Å². The fourth-order valence-corrected chi connectivity index (χ4v) is 6.02. The number of carbonyl (C=O) groups excluding carboxylic acids is 1. The van der Waals surface area contributed by atoms with E-state index in [9.17, 15) is 4.79 Å². The summed E-state index contributed by atoms with van der Waals surface area (Å²) in [5, 5.41) is 12.5. The van der Waals surface area contributed by atoms with E-state index in [-0.39, 0.29) is 0 Å². The van der Waals surface area contributed by atoms with Crippen LogP contribution >= 0.6 is 0 Å². The maximum atomic E-state index is 13.3. The minimum atomic E-state index is 0.379. The Morgan fingerprint density at radius 2 is 1.50 bits per heavy atom. The molecule has 4 rings (SSSR count). The molecule has 3 fully saturated rings. The minimum absolute atomic E-state index is 0.379. The van der Waals surface area contributed by atoms with Gasteiger partial charge in [-0.1, -0.05) is 57.8 Å². The first-order chi connectivity index (χ1) is 14.8. The second kappa shape index (κ2) is 11.2. The van der Waals surface area contributed by atoms with Crippen LogP contribution in [0.4, 0.5) is 0 Å². The van der Waals surface area contributed by atoms with Crippen LogP contribution in [0.2, 0.25) is 0 Å². The molecule has 0 N–H and O–H groups in total. The van der Waals surface area contributed by atoms with Gasteiger partial charge in [-0.3, -0.25) is 4.79 Å². The van der Waals surface area contributed by atoms with Gasteiger partial charge >= 0.3 is 0 Å². The predicted octanol–water partition coefficient (Wildman–Crippen LogP) is 5.24. The van der Waals surface area contributed by atoms with Gasteiger partial charge in [-0.25, -0.2) is 4.68 Å². The maximum absolute atomic E-state index is 13.3. The number of hydrogen-bond donors (Lipinski definition) is 0. The Bertz CT molecular complexity index is 642. The van der Waals surface area contributed by atoms with Crippen LogP contribution in [0.5, 0.6) is 0 Å². The lowest BCUT2D eigenvalue weighted by Crippen LogP contribution is -2.44. The molecule has 0 unspecified atom stereocenters. The van der Waals surface area contributed by atoms with Gasteiger partial charge in [0.1, 0.15) is 0 Å². The molecular formula is C24H41N5O. The molecule has 6 nitrogen and oxygen atoms in total. The van der Waals surface area contributed by atoms with Crippen LogP contribution in [0.15, 0.2) is 0 Å². The summed E-state index contributed by atoms with van der Waals surface area (Å²) in [5.74, 6) is 2.08. The van der Waals surface area contributed by atoms with Gasteiger partial charge in [0.25, 0.3) is 0 Å². The number of rotatable bonds is 8. The number of amides is 1. The number of tetrazole rings is 1. The molecule has 1 aromatic rings. The summed E-state index contributed by atoms with van der Waals surface area (Å²) in [6.45, 7) is 1.00. The largest absolute Gasteiger partial charge is 0.339 e. The first kappa shape index (κ1) is 21.8. The van der Waals surface area contributed by atoms with Crippen molar-refractivity contribution in [2.24, 2.45) is 5.92 Å². The smallest absolute Gasteiger partial charge is 0.222 e. The quantitative estimate of drug-likeness (QED) is 0.582. The molecule has 1 aromatic heterocycles. The van der Waals surface area contributed by atoms with Crippen LogP contribution in [-0.2, 0) is 11.2 Å². The molecule has 0 aliphatic heterocycles. The van der Waals surface area contributed by atoms with E-state index in [1.165, 1.54) is 96.3 Å². The molecule has 0 radical (unpaired) electrons. The lowest BCUT2D eigenvalue weighted by Gasteiger charge is -2.38. The normalized spacial score (nSPS) is 22.3. The van der Waals surface area contributed by atoms with Gasteiger partial charge in [-0.2, -0.15) is 0 Å². The molecule has 3 saturated carbocycles. The lowest BCUT2D eigenvalue weighted by atomic mass is 9.87. The van der Waals surface area contributed by atoms with E-state index in [4.69, 9.17) is 0 Å². The van der Waals surface area contributed by atoms with E-state index in [1.807, 2.05) is 0 Å². The Morgan fingerprint density at radius 1 is 0.867 bits per heavy atom.